The molecule has 0 saturated carbocycles. The number of aromatic nitrogens is 2. The molecule has 0 aliphatic rings. The summed E-state index contributed by atoms with van der Waals surface area (Å²) in [6.45, 7) is 8.88. The van der Waals surface area contributed by atoms with Gasteiger partial charge in [-0.15, -0.1) is 0 Å². The lowest BCUT2D eigenvalue weighted by Gasteiger charge is -2.19. The molecule has 168 valence electrons. The summed E-state index contributed by atoms with van der Waals surface area (Å²) in [4.78, 5) is 30.2. The van der Waals surface area contributed by atoms with E-state index in [1.165, 1.54) is 24.3 Å². The van der Waals surface area contributed by atoms with E-state index in [-0.39, 0.29) is 22.7 Å². The highest BCUT2D eigenvalue weighted by Gasteiger charge is 2.32. The number of hydrogen-bond donors (Lipinski definition) is 1. The molecule has 1 aromatic carbocycles. The van der Waals surface area contributed by atoms with Crippen molar-refractivity contribution in [2.24, 2.45) is 5.41 Å². The zero-order valence-corrected chi connectivity index (χ0v) is 18.5. The van der Waals surface area contributed by atoms with Crippen molar-refractivity contribution in [1.82, 2.24) is 9.38 Å². The van der Waals surface area contributed by atoms with Crippen molar-refractivity contribution in [3.8, 4) is 0 Å². The molecule has 1 N–H and O–H groups in total. The minimum atomic E-state index is -4.54. The molecule has 2 heterocycles. The summed E-state index contributed by atoms with van der Waals surface area (Å²) < 4.78 is 41.5. The van der Waals surface area contributed by atoms with E-state index in [1.807, 2.05) is 13.8 Å². The number of amides is 1. The molecule has 0 atom stereocenters. The van der Waals surface area contributed by atoms with Gasteiger partial charge < -0.3 is 9.72 Å². The first-order chi connectivity index (χ1) is 14.8. The third kappa shape index (κ3) is 4.59. The number of carbonyl (C=O) groups is 2. The normalized spacial score (nSPS) is 12.5. The Morgan fingerprint density at radius 3 is 2.34 bits per heavy atom. The van der Waals surface area contributed by atoms with Crippen LogP contribution in [0.5, 0.6) is 0 Å². The number of carbonyl (C=O) groups excluding carboxylic acids is 2. The molecule has 0 saturated heterocycles. The lowest BCUT2D eigenvalue weighted by Crippen LogP contribution is -2.28. The van der Waals surface area contributed by atoms with Crippen molar-refractivity contribution < 1.29 is 22.8 Å². The average Bonchev–Trinajstić information content (AvgIpc) is 2.99. The minimum absolute atomic E-state index is 0.123. The Kier molecular flexibility index (Phi) is 6.00. The van der Waals surface area contributed by atoms with Crippen LogP contribution in [-0.2, 0) is 11.0 Å². The first-order valence-corrected chi connectivity index (χ1v) is 9.99. The molecule has 3 rings (SSSR count). The molecule has 0 unspecified atom stereocenters. The molecule has 3 aromatic rings. The van der Waals surface area contributed by atoms with E-state index < -0.39 is 22.9 Å². The summed E-state index contributed by atoms with van der Waals surface area (Å²) in [5, 5.41) is 2.79. The zero-order chi connectivity index (χ0) is 23.8. The molecule has 0 bridgehead atoms. The third-order valence-electron chi connectivity index (χ3n) is 5.14. The predicted octanol–water partition coefficient (Wildman–Crippen LogP) is 5.85. The van der Waals surface area contributed by atoms with Crippen LogP contribution in [0.25, 0.3) is 11.7 Å². The van der Waals surface area contributed by atoms with E-state index in [9.17, 15) is 22.8 Å². The standard InChI is InChI=1S/C24H24F3N3O2/c1-14-15(2)30-13-12-17(20(21(30)28-14)29-22(32)23(3,4)5)19(31)11-10-16-8-6-7-9-18(16)24(25,26)27/h6-13H,1-5H3,(H,29,32)/b11-10+. The molecule has 8 heteroatoms. The number of aryl methyl sites for hydroxylation is 2. The smallest absolute Gasteiger partial charge is 0.322 e. The number of hydrogen-bond acceptors (Lipinski definition) is 3. The Balaban J connectivity index is 2.09. The first kappa shape index (κ1) is 23.2. The lowest BCUT2D eigenvalue weighted by atomic mass is 9.95. The van der Waals surface area contributed by atoms with Gasteiger partial charge >= 0.3 is 6.18 Å². The molecular weight excluding hydrogens is 419 g/mol. The van der Waals surface area contributed by atoms with E-state index >= 15 is 0 Å². The Morgan fingerprint density at radius 2 is 1.72 bits per heavy atom. The quantitative estimate of drug-likeness (QED) is 0.406. The maximum absolute atomic E-state index is 13.3. The van der Waals surface area contributed by atoms with Crippen LogP contribution in [0.4, 0.5) is 18.9 Å². The van der Waals surface area contributed by atoms with Gasteiger partial charge in [-0.3, -0.25) is 9.59 Å². The molecule has 0 aliphatic heterocycles. The Hall–Kier alpha value is -3.42. The van der Waals surface area contributed by atoms with Crippen molar-refractivity contribution in [1.29, 1.82) is 0 Å². The van der Waals surface area contributed by atoms with Gasteiger partial charge in [-0.1, -0.05) is 45.0 Å². The molecule has 5 nitrogen and oxygen atoms in total. The number of ketones is 1. The third-order valence-corrected chi connectivity index (χ3v) is 5.14. The number of alkyl halides is 3. The van der Waals surface area contributed by atoms with Gasteiger partial charge in [0.2, 0.25) is 5.91 Å². The minimum Gasteiger partial charge on any atom is -0.322 e. The van der Waals surface area contributed by atoms with Crippen molar-refractivity contribution >= 4 is 29.1 Å². The molecule has 0 fully saturated rings. The summed E-state index contributed by atoms with van der Waals surface area (Å²) in [5.41, 5.74) is 0.652. The average molecular weight is 443 g/mol. The Labute approximate surface area is 184 Å². The van der Waals surface area contributed by atoms with Crippen LogP contribution in [0.2, 0.25) is 0 Å². The summed E-state index contributed by atoms with van der Waals surface area (Å²) in [6, 6.07) is 6.54. The lowest BCUT2D eigenvalue weighted by molar-refractivity contribution is -0.137. The van der Waals surface area contributed by atoms with Gasteiger partial charge in [-0.2, -0.15) is 13.2 Å². The number of nitrogens with one attached hydrogen (secondary N) is 1. The zero-order valence-electron chi connectivity index (χ0n) is 18.5. The van der Waals surface area contributed by atoms with Crippen LogP contribution in [-0.4, -0.2) is 21.1 Å². The highest BCUT2D eigenvalue weighted by atomic mass is 19.4. The second-order valence-electron chi connectivity index (χ2n) is 8.57. The first-order valence-electron chi connectivity index (χ1n) is 9.99. The number of benzene rings is 1. The SMILES string of the molecule is Cc1nc2c(NC(=O)C(C)(C)C)c(C(=O)/C=C/c3ccccc3C(F)(F)F)ccn2c1C. The fourth-order valence-electron chi connectivity index (χ4n) is 3.12. The Bertz CT molecular complexity index is 1230. The summed E-state index contributed by atoms with van der Waals surface area (Å²) in [6.07, 6.45) is -0.680. The summed E-state index contributed by atoms with van der Waals surface area (Å²) >= 11 is 0. The topological polar surface area (TPSA) is 63.5 Å². The number of allylic oxidation sites excluding steroid dienone is 1. The molecule has 0 radical (unpaired) electrons. The van der Waals surface area contributed by atoms with Gasteiger partial charge in [-0.05, 0) is 37.6 Å². The number of nitrogens with zero attached hydrogens (tertiary/aromatic N) is 2. The van der Waals surface area contributed by atoms with Crippen molar-refractivity contribution in [2.75, 3.05) is 5.32 Å². The van der Waals surface area contributed by atoms with Crippen LogP contribution in [0.15, 0.2) is 42.6 Å². The largest absolute Gasteiger partial charge is 0.416 e. The highest BCUT2D eigenvalue weighted by molar-refractivity contribution is 6.14. The van der Waals surface area contributed by atoms with Gasteiger partial charge in [0.05, 0.1) is 22.5 Å². The van der Waals surface area contributed by atoms with Crippen molar-refractivity contribution in [3.63, 3.8) is 0 Å². The number of rotatable bonds is 4. The van der Waals surface area contributed by atoms with Crippen LogP contribution in [0.3, 0.4) is 0 Å². The molecule has 2 aromatic heterocycles. The monoisotopic (exact) mass is 443 g/mol. The van der Waals surface area contributed by atoms with E-state index in [0.717, 1.165) is 29.6 Å². The van der Waals surface area contributed by atoms with Gasteiger partial charge in [0.15, 0.2) is 11.4 Å². The van der Waals surface area contributed by atoms with Crippen LogP contribution in [0.1, 0.15) is 53.6 Å². The molecule has 0 aliphatic carbocycles. The van der Waals surface area contributed by atoms with E-state index in [1.54, 1.807) is 31.4 Å². The van der Waals surface area contributed by atoms with Crippen molar-refractivity contribution in [2.45, 2.75) is 40.8 Å². The highest BCUT2D eigenvalue weighted by Crippen LogP contribution is 2.33. The van der Waals surface area contributed by atoms with E-state index in [0.29, 0.717) is 5.65 Å². The number of halogens is 3. The fourth-order valence-corrected chi connectivity index (χ4v) is 3.12. The second-order valence-corrected chi connectivity index (χ2v) is 8.57. The van der Waals surface area contributed by atoms with Gasteiger partial charge in [-0.25, -0.2) is 4.98 Å². The fraction of sp³-hybridized carbons (Fsp3) is 0.292. The summed E-state index contributed by atoms with van der Waals surface area (Å²) in [7, 11) is 0. The summed E-state index contributed by atoms with van der Waals surface area (Å²) in [5.74, 6) is -0.864. The second kappa shape index (κ2) is 8.26. The number of imidazole rings is 1. The predicted molar refractivity (Wildman–Crippen MR) is 118 cm³/mol. The molecule has 32 heavy (non-hydrogen) atoms. The number of anilines is 1. The molecule has 1 amide bonds. The van der Waals surface area contributed by atoms with Crippen LogP contribution in [0, 0.1) is 19.3 Å². The number of fused-ring (bicyclic) bond motifs is 1. The van der Waals surface area contributed by atoms with Crippen molar-refractivity contribution in [3.05, 3.63) is 70.7 Å². The van der Waals surface area contributed by atoms with Gasteiger partial charge in [0.25, 0.3) is 0 Å². The molecule has 0 spiro atoms. The van der Waals surface area contributed by atoms with E-state index in [4.69, 9.17) is 0 Å². The van der Waals surface area contributed by atoms with Gasteiger partial charge in [0, 0.05) is 17.3 Å². The maximum Gasteiger partial charge on any atom is 0.416 e. The van der Waals surface area contributed by atoms with Crippen LogP contribution >= 0.6 is 0 Å². The van der Waals surface area contributed by atoms with E-state index in [2.05, 4.69) is 10.3 Å². The van der Waals surface area contributed by atoms with Crippen LogP contribution < -0.4 is 5.32 Å². The maximum atomic E-state index is 13.3. The Morgan fingerprint density at radius 1 is 1.06 bits per heavy atom. The molecular formula is C24H24F3N3O2. The van der Waals surface area contributed by atoms with Gasteiger partial charge in [0.1, 0.15) is 0 Å². The number of pyridine rings is 1.